The number of nitriles is 1. The van der Waals surface area contributed by atoms with Crippen molar-refractivity contribution in [2.24, 2.45) is 0 Å². The van der Waals surface area contributed by atoms with Crippen molar-refractivity contribution < 1.29 is 9.84 Å². The number of hydrogen-bond acceptors (Lipinski definition) is 4. The minimum Gasteiger partial charge on any atom is -0.384 e. The van der Waals surface area contributed by atoms with E-state index in [1.807, 2.05) is 31.2 Å². The number of aliphatic hydroxyl groups excluding tert-OH is 1. The van der Waals surface area contributed by atoms with Crippen molar-refractivity contribution in [3.63, 3.8) is 0 Å². The minimum absolute atomic E-state index is 0.236. The summed E-state index contributed by atoms with van der Waals surface area (Å²) >= 11 is 0. The van der Waals surface area contributed by atoms with E-state index in [0.717, 1.165) is 11.3 Å². The van der Waals surface area contributed by atoms with Crippen LogP contribution in [0, 0.1) is 11.3 Å². The van der Waals surface area contributed by atoms with Crippen LogP contribution < -0.4 is 0 Å². The van der Waals surface area contributed by atoms with Crippen molar-refractivity contribution in [3.8, 4) is 17.3 Å². The number of pyridine rings is 1. The number of benzene rings is 1. The number of aromatic nitrogens is 1. The maximum atomic E-state index is 9.97. The van der Waals surface area contributed by atoms with Crippen LogP contribution >= 0.6 is 0 Å². The maximum Gasteiger partial charge on any atom is 0.119 e. The molecule has 4 heteroatoms. The van der Waals surface area contributed by atoms with E-state index >= 15 is 0 Å². The summed E-state index contributed by atoms with van der Waals surface area (Å²) in [5.74, 6) is 0. The predicted molar refractivity (Wildman–Crippen MR) is 75.8 cm³/mol. The Bertz CT molecular complexity index is 603. The SMILES string of the molecule is CCOC[C@H](O)c1cccc(-c2ccc(C#N)cc2)n1. The van der Waals surface area contributed by atoms with Crippen LogP contribution in [0.4, 0.5) is 0 Å². The summed E-state index contributed by atoms with van der Waals surface area (Å²) in [5, 5.41) is 18.8. The van der Waals surface area contributed by atoms with Crippen LogP contribution in [0.25, 0.3) is 11.3 Å². The van der Waals surface area contributed by atoms with Gasteiger partial charge >= 0.3 is 0 Å². The van der Waals surface area contributed by atoms with Crippen LogP contribution in [-0.4, -0.2) is 23.3 Å². The Morgan fingerprint density at radius 3 is 2.65 bits per heavy atom. The van der Waals surface area contributed by atoms with Crippen molar-refractivity contribution in [2.45, 2.75) is 13.0 Å². The first-order chi connectivity index (χ1) is 9.74. The van der Waals surface area contributed by atoms with Gasteiger partial charge in [0.2, 0.25) is 0 Å². The van der Waals surface area contributed by atoms with Crippen molar-refractivity contribution in [3.05, 3.63) is 53.7 Å². The lowest BCUT2D eigenvalue weighted by atomic mass is 10.1. The molecular formula is C16H16N2O2. The molecule has 0 aliphatic rings. The second-order valence-electron chi connectivity index (χ2n) is 4.31. The van der Waals surface area contributed by atoms with Gasteiger partial charge in [-0.1, -0.05) is 18.2 Å². The van der Waals surface area contributed by atoms with Crippen LogP contribution in [0.5, 0.6) is 0 Å². The number of hydrogen-bond donors (Lipinski definition) is 1. The summed E-state index contributed by atoms with van der Waals surface area (Å²) in [6.07, 6.45) is -0.728. The van der Waals surface area contributed by atoms with E-state index in [1.54, 1.807) is 18.2 Å². The number of ether oxygens (including phenoxy) is 1. The Kier molecular flexibility index (Phi) is 4.83. The average Bonchev–Trinajstić information content (AvgIpc) is 2.52. The Balaban J connectivity index is 2.22. The van der Waals surface area contributed by atoms with Crippen LogP contribution in [0.1, 0.15) is 24.3 Å². The van der Waals surface area contributed by atoms with Crippen molar-refractivity contribution in [2.75, 3.05) is 13.2 Å². The number of nitrogens with zero attached hydrogens (tertiary/aromatic N) is 2. The summed E-state index contributed by atoms with van der Waals surface area (Å²) in [7, 11) is 0. The first-order valence-corrected chi connectivity index (χ1v) is 6.48. The van der Waals surface area contributed by atoms with Gasteiger partial charge in [0.1, 0.15) is 6.10 Å². The predicted octanol–water partition coefficient (Wildman–Crippen LogP) is 2.69. The molecule has 1 heterocycles. The quantitative estimate of drug-likeness (QED) is 0.905. The Morgan fingerprint density at radius 1 is 1.25 bits per heavy atom. The summed E-state index contributed by atoms with van der Waals surface area (Å²) < 4.78 is 5.20. The Morgan fingerprint density at radius 2 is 2.00 bits per heavy atom. The van der Waals surface area contributed by atoms with E-state index in [-0.39, 0.29) is 6.61 Å². The molecule has 0 aliphatic carbocycles. The highest BCUT2D eigenvalue weighted by atomic mass is 16.5. The minimum atomic E-state index is -0.728. The van der Waals surface area contributed by atoms with E-state index in [0.29, 0.717) is 17.9 Å². The molecule has 1 aromatic heterocycles. The smallest absolute Gasteiger partial charge is 0.119 e. The van der Waals surface area contributed by atoms with Gasteiger partial charge in [-0.15, -0.1) is 0 Å². The average molecular weight is 268 g/mol. The topological polar surface area (TPSA) is 66.1 Å². The van der Waals surface area contributed by atoms with Crippen LogP contribution in [0.2, 0.25) is 0 Å². The first kappa shape index (κ1) is 14.2. The van der Waals surface area contributed by atoms with Crippen LogP contribution in [0.3, 0.4) is 0 Å². The monoisotopic (exact) mass is 268 g/mol. The standard InChI is InChI=1S/C16H16N2O2/c1-2-20-11-16(19)15-5-3-4-14(18-15)13-8-6-12(10-17)7-9-13/h3-9,16,19H,2,11H2,1H3/t16-/m0/s1. The molecule has 2 rings (SSSR count). The molecular weight excluding hydrogens is 252 g/mol. The van der Waals surface area contributed by atoms with Crippen molar-refractivity contribution >= 4 is 0 Å². The zero-order valence-electron chi connectivity index (χ0n) is 11.3. The molecule has 102 valence electrons. The third kappa shape index (κ3) is 3.41. The van der Waals surface area contributed by atoms with Crippen LogP contribution in [0.15, 0.2) is 42.5 Å². The van der Waals surface area contributed by atoms with Gasteiger partial charge in [-0.25, -0.2) is 4.98 Å². The second kappa shape index (κ2) is 6.80. The zero-order valence-corrected chi connectivity index (χ0v) is 11.3. The maximum absolute atomic E-state index is 9.97. The first-order valence-electron chi connectivity index (χ1n) is 6.48. The third-order valence-corrected chi connectivity index (χ3v) is 2.90. The Hall–Kier alpha value is -2.22. The molecule has 0 saturated carbocycles. The van der Waals surface area contributed by atoms with Crippen molar-refractivity contribution in [1.29, 1.82) is 5.26 Å². The lowest BCUT2D eigenvalue weighted by Crippen LogP contribution is -2.09. The number of rotatable bonds is 5. The summed E-state index contributed by atoms with van der Waals surface area (Å²) in [6.45, 7) is 2.68. The van der Waals surface area contributed by atoms with E-state index in [4.69, 9.17) is 10.00 Å². The van der Waals surface area contributed by atoms with Gasteiger partial charge in [0.05, 0.1) is 29.6 Å². The fraction of sp³-hybridized carbons (Fsp3) is 0.250. The summed E-state index contributed by atoms with van der Waals surface area (Å²) in [6, 6.07) is 14.8. The van der Waals surface area contributed by atoms with Gasteiger partial charge in [-0.05, 0) is 31.2 Å². The van der Waals surface area contributed by atoms with E-state index in [2.05, 4.69) is 11.1 Å². The van der Waals surface area contributed by atoms with Gasteiger partial charge < -0.3 is 9.84 Å². The van der Waals surface area contributed by atoms with Gasteiger partial charge in [0.25, 0.3) is 0 Å². The fourth-order valence-electron chi connectivity index (χ4n) is 1.83. The largest absolute Gasteiger partial charge is 0.384 e. The lowest BCUT2D eigenvalue weighted by molar-refractivity contribution is 0.0398. The molecule has 0 bridgehead atoms. The highest BCUT2D eigenvalue weighted by Crippen LogP contribution is 2.20. The molecule has 0 saturated heterocycles. The zero-order chi connectivity index (χ0) is 14.4. The van der Waals surface area contributed by atoms with E-state index in [9.17, 15) is 5.11 Å². The summed E-state index contributed by atoms with van der Waals surface area (Å²) in [5.41, 5.74) is 2.87. The number of aliphatic hydroxyl groups is 1. The molecule has 1 aromatic carbocycles. The fourth-order valence-corrected chi connectivity index (χ4v) is 1.83. The Labute approximate surface area is 118 Å². The van der Waals surface area contributed by atoms with Gasteiger partial charge in [0.15, 0.2) is 0 Å². The molecule has 4 nitrogen and oxygen atoms in total. The van der Waals surface area contributed by atoms with Gasteiger partial charge in [-0.2, -0.15) is 5.26 Å². The molecule has 20 heavy (non-hydrogen) atoms. The van der Waals surface area contributed by atoms with Gasteiger partial charge in [0, 0.05) is 12.2 Å². The molecule has 0 spiro atoms. The molecule has 0 fully saturated rings. The second-order valence-corrected chi connectivity index (χ2v) is 4.31. The molecule has 0 radical (unpaired) electrons. The third-order valence-electron chi connectivity index (χ3n) is 2.90. The highest BCUT2D eigenvalue weighted by Gasteiger charge is 2.10. The molecule has 1 N–H and O–H groups in total. The summed E-state index contributed by atoms with van der Waals surface area (Å²) in [4.78, 5) is 4.44. The molecule has 0 amide bonds. The van der Waals surface area contributed by atoms with Crippen molar-refractivity contribution in [1.82, 2.24) is 4.98 Å². The molecule has 0 unspecified atom stereocenters. The normalized spacial score (nSPS) is 11.8. The molecule has 1 atom stereocenters. The van der Waals surface area contributed by atoms with Gasteiger partial charge in [-0.3, -0.25) is 0 Å². The molecule has 2 aromatic rings. The van der Waals surface area contributed by atoms with Crippen LogP contribution in [-0.2, 0) is 4.74 Å². The van der Waals surface area contributed by atoms with E-state index < -0.39 is 6.10 Å². The lowest BCUT2D eigenvalue weighted by Gasteiger charge is -2.11. The van der Waals surface area contributed by atoms with E-state index in [1.165, 1.54) is 0 Å². The molecule has 0 aliphatic heterocycles. The highest BCUT2D eigenvalue weighted by molar-refractivity contribution is 5.60.